The highest BCUT2D eigenvalue weighted by molar-refractivity contribution is 5.41. The van der Waals surface area contributed by atoms with Gasteiger partial charge in [-0.25, -0.2) is 4.57 Å². The van der Waals surface area contributed by atoms with Crippen molar-refractivity contribution in [3.05, 3.63) is 43.0 Å². The SMILES string of the molecule is CN(C)c1cc[n+](-c2ncccn2)cc1.[Br-]. The van der Waals surface area contributed by atoms with Crippen LogP contribution in [0.5, 0.6) is 0 Å². The molecule has 16 heavy (non-hydrogen) atoms. The van der Waals surface area contributed by atoms with Crippen LogP contribution in [0, 0.1) is 0 Å². The molecule has 0 aromatic carbocycles. The van der Waals surface area contributed by atoms with Crippen LogP contribution in [0.25, 0.3) is 5.95 Å². The first kappa shape index (κ1) is 12.6. The minimum Gasteiger partial charge on any atom is -1.00 e. The maximum atomic E-state index is 4.16. The lowest BCUT2D eigenvalue weighted by molar-refractivity contribution is -0.603. The average Bonchev–Trinajstić information content (AvgIpc) is 2.30. The number of rotatable bonds is 2. The fourth-order valence-electron chi connectivity index (χ4n) is 1.27. The largest absolute Gasteiger partial charge is 1.00 e. The molecule has 0 aliphatic heterocycles. The predicted octanol–water partition coefficient (Wildman–Crippen LogP) is -2.18. The van der Waals surface area contributed by atoms with Crippen molar-refractivity contribution >= 4 is 5.69 Å². The normalized spacial score (nSPS) is 9.38. The van der Waals surface area contributed by atoms with Crippen molar-refractivity contribution in [1.29, 1.82) is 0 Å². The van der Waals surface area contributed by atoms with Crippen LogP contribution < -0.4 is 26.4 Å². The van der Waals surface area contributed by atoms with E-state index in [-0.39, 0.29) is 17.0 Å². The molecule has 0 amide bonds. The van der Waals surface area contributed by atoms with Crippen molar-refractivity contribution < 1.29 is 21.5 Å². The smallest absolute Gasteiger partial charge is 0.437 e. The van der Waals surface area contributed by atoms with Gasteiger partial charge in [0.05, 0.1) is 12.4 Å². The van der Waals surface area contributed by atoms with Gasteiger partial charge in [-0.2, -0.15) is 0 Å². The van der Waals surface area contributed by atoms with Gasteiger partial charge in [0.25, 0.3) is 0 Å². The standard InChI is InChI=1S/C11H13N4.BrH/c1-14(2)10-4-8-15(9-5-10)11-12-6-3-7-13-11;/h3-9H,1-2H3;1H/q+1;/p-1. The van der Waals surface area contributed by atoms with E-state index in [0.29, 0.717) is 5.95 Å². The lowest BCUT2D eigenvalue weighted by atomic mass is 10.4. The molecule has 0 saturated heterocycles. The fourth-order valence-corrected chi connectivity index (χ4v) is 1.27. The zero-order valence-electron chi connectivity index (χ0n) is 9.21. The molecule has 0 unspecified atom stereocenters. The Hall–Kier alpha value is -1.49. The van der Waals surface area contributed by atoms with Gasteiger partial charge >= 0.3 is 5.95 Å². The second-order valence-electron chi connectivity index (χ2n) is 3.41. The molecule has 0 radical (unpaired) electrons. The Labute approximate surface area is 105 Å². The number of aromatic nitrogens is 3. The Morgan fingerprint density at radius 2 is 1.62 bits per heavy atom. The van der Waals surface area contributed by atoms with Crippen LogP contribution in [-0.4, -0.2) is 24.1 Å². The highest BCUT2D eigenvalue weighted by atomic mass is 79.9. The first-order chi connectivity index (χ1) is 7.27. The quantitative estimate of drug-likeness (QED) is 0.587. The van der Waals surface area contributed by atoms with Crippen LogP contribution in [0.15, 0.2) is 43.0 Å². The third-order valence-electron chi connectivity index (χ3n) is 2.11. The van der Waals surface area contributed by atoms with Gasteiger partial charge in [-0.3, -0.25) is 0 Å². The topological polar surface area (TPSA) is 32.9 Å². The predicted molar refractivity (Wildman–Crippen MR) is 57.9 cm³/mol. The molecule has 5 heteroatoms. The summed E-state index contributed by atoms with van der Waals surface area (Å²) in [6, 6.07) is 5.85. The van der Waals surface area contributed by atoms with Gasteiger partial charge in [0.1, 0.15) is 12.4 Å². The van der Waals surface area contributed by atoms with Gasteiger partial charge in [-0.05, 0) is 12.1 Å². The van der Waals surface area contributed by atoms with E-state index in [1.807, 2.05) is 43.2 Å². The summed E-state index contributed by atoms with van der Waals surface area (Å²) in [7, 11) is 4.03. The van der Waals surface area contributed by atoms with E-state index in [1.165, 1.54) is 0 Å². The van der Waals surface area contributed by atoms with Crippen LogP contribution in [-0.2, 0) is 0 Å². The van der Waals surface area contributed by atoms with E-state index in [9.17, 15) is 0 Å². The number of anilines is 1. The van der Waals surface area contributed by atoms with E-state index >= 15 is 0 Å². The highest BCUT2D eigenvalue weighted by Gasteiger charge is 2.06. The molecule has 0 aliphatic carbocycles. The van der Waals surface area contributed by atoms with E-state index in [1.54, 1.807) is 18.5 Å². The van der Waals surface area contributed by atoms with Gasteiger partial charge in [0.15, 0.2) is 0 Å². The Kier molecular flexibility index (Phi) is 4.37. The summed E-state index contributed by atoms with van der Waals surface area (Å²) in [5.74, 6) is 0.683. The van der Waals surface area contributed by atoms with Crippen molar-refractivity contribution in [2.75, 3.05) is 19.0 Å². The number of pyridine rings is 1. The number of halogens is 1. The van der Waals surface area contributed by atoms with Crippen LogP contribution in [0.3, 0.4) is 0 Å². The number of hydrogen-bond donors (Lipinski definition) is 0. The maximum absolute atomic E-state index is 4.16. The molecule has 2 rings (SSSR count). The van der Waals surface area contributed by atoms with E-state index in [0.717, 1.165) is 5.69 Å². The van der Waals surface area contributed by atoms with Gasteiger partial charge < -0.3 is 21.9 Å². The van der Waals surface area contributed by atoms with Gasteiger partial charge in [-0.1, -0.05) is 9.97 Å². The highest BCUT2D eigenvalue weighted by Crippen LogP contribution is 2.06. The summed E-state index contributed by atoms with van der Waals surface area (Å²) < 4.78 is 1.88. The van der Waals surface area contributed by atoms with Crippen molar-refractivity contribution in [2.45, 2.75) is 0 Å². The summed E-state index contributed by atoms with van der Waals surface area (Å²) in [5, 5.41) is 0. The minimum absolute atomic E-state index is 0. The third kappa shape index (κ3) is 2.76. The molecule has 2 aromatic rings. The average molecular weight is 281 g/mol. The molecular weight excluding hydrogens is 268 g/mol. The molecule has 0 atom stereocenters. The molecule has 0 bridgehead atoms. The van der Waals surface area contributed by atoms with Crippen LogP contribution in [0.4, 0.5) is 5.69 Å². The van der Waals surface area contributed by atoms with Crippen LogP contribution in [0.2, 0.25) is 0 Å². The summed E-state index contributed by atoms with van der Waals surface area (Å²) >= 11 is 0. The Morgan fingerprint density at radius 1 is 1.06 bits per heavy atom. The molecule has 0 spiro atoms. The van der Waals surface area contributed by atoms with Crippen molar-refractivity contribution in [3.63, 3.8) is 0 Å². The summed E-state index contributed by atoms with van der Waals surface area (Å²) in [4.78, 5) is 10.4. The number of nitrogens with zero attached hydrogens (tertiary/aromatic N) is 4. The van der Waals surface area contributed by atoms with Gasteiger partial charge in [0, 0.05) is 25.8 Å². The van der Waals surface area contributed by atoms with Crippen molar-refractivity contribution in [1.82, 2.24) is 9.97 Å². The molecule has 84 valence electrons. The molecule has 0 fully saturated rings. The summed E-state index contributed by atoms with van der Waals surface area (Å²) in [5.41, 5.74) is 1.15. The monoisotopic (exact) mass is 280 g/mol. The van der Waals surface area contributed by atoms with Crippen molar-refractivity contribution in [2.24, 2.45) is 0 Å². The lowest BCUT2D eigenvalue weighted by Gasteiger charge is -2.11. The summed E-state index contributed by atoms with van der Waals surface area (Å²) in [6.45, 7) is 0. The molecule has 2 aromatic heterocycles. The molecular formula is C11H13BrN4. The van der Waals surface area contributed by atoms with Crippen molar-refractivity contribution in [3.8, 4) is 5.95 Å². The lowest BCUT2D eigenvalue weighted by Crippen LogP contribution is -3.00. The zero-order valence-corrected chi connectivity index (χ0v) is 10.8. The van der Waals surface area contributed by atoms with E-state index in [2.05, 4.69) is 14.9 Å². The third-order valence-corrected chi connectivity index (χ3v) is 2.11. The first-order valence-corrected chi connectivity index (χ1v) is 4.73. The molecule has 0 aliphatic rings. The van der Waals surface area contributed by atoms with Crippen LogP contribution >= 0.6 is 0 Å². The Bertz CT molecular complexity index is 427. The van der Waals surface area contributed by atoms with E-state index in [4.69, 9.17) is 0 Å². The van der Waals surface area contributed by atoms with Gasteiger partial charge in [0.2, 0.25) is 0 Å². The molecule has 0 N–H and O–H groups in total. The van der Waals surface area contributed by atoms with Crippen LogP contribution in [0.1, 0.15) is 0 Å². The molecule has 2 heterocycles. The van der Waals surface area contributed by atoms with Gasteiger partial charge in [-0.15, -0.1) is 0 Å². The number of hydrogen-bond acceptors (Lipinski definition) is 3. The maximum Gasteiger partial charge on any atom is 0.437 e. The first-order valence-electron chi connectivity index (χ1n) is 4.73. The second kappa shape index (κ2) is 5.55. The Balaban J connectivity index is 0.00000128. The summed E-state index contributed by atoms with van der Waals surface area (Å²) in [6.07, 6.45) is 7.36. The van der Waals surface area contributed by atoms with E-state index < -0.39 is 0 Å². The molecule has 0 saturated carbocycles. The minimum atomic E-state index is 0. The Morgan fingerprint density at radius 3 is 2.12 bits per heavy atom. The molecule has 4 nitrogen and oxygen atoms in total. The zero-order chi connectivity index (χ0) is 10.7. The fraction of sp³-hybridized carbons (Fsp3) is 0.182. The second-order valence-corrected chi connectivity index (χ2v) is 3.41.